The third-order valence-electron chi connectivity index (χ3n) is 0.753. The Kier molecular flexibility index (Phi) is 3.68. The second kappa shape index (κ2) is 4.35. The minimum absolute atomic E-state index is 0.162. The molecule has 0 aliphatic heterocycles. The summed E-state index contributed by atoms with van der Waals surface area (Å²) in [6.45, 7) is 0. The van der Waals surface area contributed by atoms with Crippen LogP contribution in [0.25, 0.3) is 0 Å². The van der Waals surface area contributed by atoms with Gasteiger partial charge < -0.3 is 10.2 Å². The Balaban J connectivity index is 4.25. The standard InChI is InChI=1S/C5H7N3O2/c1-10-5(9)4(2-6)3-8-7/h3,8H,7H2,1H3/b4-3+. The van der Waals surface area contributed by atoms with Crippen molar-refractivity contribution in [3.63, 3.8) is 0 Å². The summed E-state index contributed by atoms with van der Waals surface area (Å²) in [5.74, 6) is 4.10. The second-order valence-electron chi connectivity index (χ2n) is 1.33. The van der Waals surface area contributed by atoms with E-state index in [0.29, 0.717) is 0 Å². The predicted molar refractivity (Wildman–Crippen MR) is 33.0 cm³/mol. The summed E-state index contributed by atoms with van der Waals surface area (Å²) in [5, 5.41) is 8.24. The van der Waals surface area contributed by atoms with Gasteiger partial charge in [-0.3, -0.25) is 5.84 Å². The zero-order valence-corrected chi connectivity index (χ0v) is 5.42. The van der Waals surface area contributed by atoms with E-state index in [9.17, 15) is 4.79 Å². The maximum absolute atomic E-state index is 10.5. The van der Waals surface area contributed by atoms with Crippen LogP contribution in [0.2, 0.25) is 0 Å². The van der Waals surface area contributed by atoms with E-state index in [-0.39, 0.29) is 5.57 Å². The van der Waals surface area contributed by atoms with Crippen molar-refractivity contribution in [2.75, 3.05) is 7.11 Å². The van der Waals surface area contributed by atoms with Crippen LogP contribution in [0.15, 0.2) is 11.8 Å². The Hall–Kier alpha value is -1.54. The van der Waals surface area contributed by atoms with Crippen LogP contribution in [-0.4, -0.2) is 13.1 Å². The number of hydrazine groups is 1. The molecular weight excluding hydrogens is 134 g/mol. The number of nitrogens with zero attached hydrogens (tertiary/aromatic N) is 1. The lowest BCUT2D eigenvalue weighted by atomic mass is 10.3. The van der Waals surface area contributed by atoms with Crippen LogP contribution in [0, 0.1) is 11.3 Å². The predicted octanol–water partition coefficient (Wildman–Crippen LogP) is -0.970. The molecule has 54 valence electrons. The van der Waals surface area contributed by atoms with Gasteiger partial charge in [-0.1, -0.05) is 0 Å². The minimum atomic E-state index is -0.708. The van der Waals surface area contributed by atoms with Crippen molar-refractivity contribution in [2.24, 2.45) is 5.84 Å². The summed E-state index contributed by atoms with van der Waals surface area (Å²) in [5.41, 5.74) is 1.89. The average molecular weight is 141 g/mol. The number of carbonyl (C=O) groups excluding carboxylic acids is 1. The lowest BCUT2D eigenvalue weighted by Crippen LogP contribution is -2.16. The highest BCUT2D eigenvalue weighted by Crippen LogP contribution is 1.91. The van der Waals surface area contributed by atoms with Crippen LogP contribution in [-0.2, 0) is 9.53 Å². The average Bonchev–Trinajstić information content (AvgIpc) is 1.99. The first-order valence-electron chi connectivity index (χ1n) is 2.41. The summed E-state index contributed by atoms with van der Waals surface area (Å²) in [7, 11) is 1.18. The molecule has 0 aromatic carbocycles. The lowest BCUT2D eigenvalue weighted by molar-refractivity contribution is -0.135. The second-order valence-corrected chi connectivity index (χ2v) is 1.33. The molecule has 0 bridgehead atoms. The van der Waals surface area contributed by atoms with Crippen LogP contribution in [0.5, 0.6) is 0 Å². The van der Waals surface area contributed by atoms with Crippen LogP contribution < -0.4 is 11.3 Å². The molecule has 0 aromatic rings. The van der Waals surface area contributed by atoms with Crippen molar-refractivity contribution in [2.45, 2.75) is 0 Å². The molecule has 0 rings (SSSR count). The van der Waals surface area contributed by atoms with E-state index in [1.807, 2.05) is 5.43 Å². The Morgan fingerprint density at radius 3 is 2.80 bits per heavy atom. The first kappa shape index (κ1) is 8.46. The van der Waals surface area contributed by atoms with Gasteiger partial charge in [-0.25, -0.2) is 4.79 Å². The van der Waals surface area contributed by atoms with Gasteiger partial charge in [-0.2, -0.15) is 5.26 Å². The van der Waals surface area contributed by atoms with Gasteiger partial charge in [-0.15, -0.1) is 0 Å². The molecule has 10 heavy (non-hydrogen) atoms. The molecule has 0 saturated carbocycles. The molecule has 0 fully saturated rings. The molecule has 0 spiro atoms. The molecule has 0 saturated heterocycles. The molecule has 5 nitrogen and oxygen atoms in total. The quantitative estimate of drug-likeness (QED) is 0.170. The zero-order chi connectivity index (χ0) is 7.98. The Morgan fingerprint density at radius 1 is 1.90 bits per heavy atom. The summed E-state index contributed by atoms with van der Waals surface area (Å²) in [6, 6.07) is 1.60. The van der Waals surface area contributed by atoms with Gasteiger partial charge in [-0.05, 0) is 0 Å². The van der Waals surface area contributed by atoms with Crippen molar-refractivity contribution in [3.8, 4) is 6.07 Å². The zero-order valence-electron chi connectivity index (χ0n) is 5.42. The lowest BCUT2D eigenvalue weighted by Gasteiger charge is -1.93. The molecule has 0 heterocycles. The van der Waals surface area contributed by atoms with Gasteiger partial charge in [0, 0.05) is 6.20 Å². The number of methoxy groups -OCH3 is 1. The van der Waals surface area contributed by atoms with Gasteiger partial charge in [0.25, 0.3) is 0 Å². The molecule has 0 aliphatic rings. The number of nitrogens with two attached hydrogens (primary N) is 1. The summed E-state index contributed by atoms with van der Waals surface area (Å²) < 4.78 is 4.23. The van der Waals surface area contributed by atoms with Crippen molar-refractivity contribution in [1.82, 2.24) is 5.43 Å². The monoisotopic (exact) mass is 141 g/mol. The smallest absolute Gasteiger partial charge is 0.350 e. The number of ether oxygens (including phenoxy) is 1. The molecule has 3 N–H and O–H groups in total. The largest absolute Gasteiger partial charge is 0.465 e. The number of hydrogen-bond acceptors (Lipinski definition) is 5. The summed E-state index contributed by atoms with van der Waals surface area (Å²) >= 11 is 0. The fourth-order valence-corrected chi connectivity index (χ4v) is 0.330. The highest BCUT2D eigenvalue weighted by Gasteiger charge is 2.06. The van der Waals surface area contributed by atoms with Crippen LogP contribution in [0.1, 0.15) is 0 Å². The normalized spacial score (nSPS) is 9.90. The molecule has 0 amide bonds. The van der Waals surface area contributed by atoms with E-state index in [1.165, 1.54) is 7.11 Å². The van der Waals surface area contributed by atoms with Crippen molar-refractivity contribution < 1.29 is 9.53 Å². The number of hydrogen-bond donors (Lipinski definition) is 2. The van der Waals surface area contributed by atoms with Crippen LogP contribution in [0.3, 0.4) is 0 Å². The van der Waals surface area contributed by atoms with Gasteiger partial charge in [0.2, 0.25) is 0 Å². The van der Waals surface area contributed by atoms with E-state index in [1.54, 1.807) is 6.07 Å². The summed E-state index contributed by atoms with van der Waals surface area (Å²) in [6.07, 6.45) is 1.06. The van der Waals surface area contributed by atoms with E-state index in [4.69, 9.17) is 11.1 Å². The van der Waals surface area contributed by atoms with Gasteiger partial charge >= 0.3 is 5.97 Å². The molecule has 0 aliphatic carbocycles. The van der Waals surface area contributed by atoms with Crippen molar-refractivity contribution in [3.05, 3.63) is 11.8 Å². The number of nitriles is 1. The Morgan fingerprint density at radius 2 is 2.50 bits per heavy atom. The molecule has 0 atom stereocenters. The first-order valence-corrected chi connectivity index (χ1v) is 2.41. The maximum Gasteiger partial charge on any atom is 0.350 e. The molecule has 0 radical (unpaired) electrons. The molecular formula is C5H7N3O2. The number of nitrogens with one attached hydrogen (secondary N) is 1. The van der Waals surface area contributed by atoms with Crippen LogP contribution >= 0.6 is 0 Å². The SMILES string of the molecule is COC(=O)/C(C#N)=C/NN. The molecule has 0 unspecified atom stereocenters. The highest BCUT2D eigenvalue weighted by atomic mass is 16.5. The van der Waals surface area contributed by atoms with E-state index in [0.717, 1.165) is 6.20 Å². The molecule has 5 heteroatoms. The number of esters is 1. The van der Waals surface area contributed by atoms with Crippen molar-refractivity contribution in [1.29, 1.82) is 5.26 Å². The third kappa shape index (κ3) is 2.15. The van der Waals surface area contributed by atoms with E-state index in [2.05, 4.69) is 4.74 Å². The number of rotatable bonds is 2. The fraction of sp³-hybridized carbons (Fsp3) is 0.200. The summed E-state index contributed by atoms with van der Waals surface area (Å²) in [4.78, 5) is 10.5. The maximum atomic E-state index is 10.5. The fourth-order valence-electron chi connectivity index (χ4n) is 0.330. The molecule has 0 aromatic heterocycles. The topological polar surface area (TPSA) is 88.1 Å². The van der Waals surface area contributed by atoms with Crippen LogP contribution in [0.4, 0.5) is 0 Å². The minimum Gasteiger partial charge on any atom is -0.465 e. The third-order valence-corrected chi connectivity index (χ3v) is 0.753. The van der Waals surface area contributed by atoms with E-state index < -0.39 is 5.97 Å². The van der Waals surface area contributed by atoms with Gasteiger partial charge in [0.1, 0.15) is 6.07 Å². The van der Waals surface area contributed by atoms with Crippen molar-refractivity contribution >= 4 is 5.97 Å². The first-order chi connectivity index (χ1) is 4.76. The highest BCUT2D eigenvalue weighted by molar-refractivity contribution is 5.92. The Bertz CT molecular complexity index is 192. The van der Waals surface area contributed by atoms with Gasteiger partial charge in [0.05, 0.1) is 7.11 Å². The Labute approximate surface area is 58.0 Å². The number of carbonyl (C=O) groups is 1. The van der Waals surface area contributed by atoms with Gasteiger partial charge in [0.15, 0.2) is 5.57 Å². The van der Waals surface area contributed by atoms with E-state index >= 15 is 0 Å².